The summed E-state index contributed by atoms with van der Waals surface area (Å²) < 4.78 is 45.5. The molecule has 1 amide bonds. The Labute approximate surface area is 205 Å². The van der Waals surface area contributed by atoms with Gasteiger partial charge in [0.25, 0.3) is 5.91 Å². The second-order valence-electron chi connectivity index (χ2n) is 8.18. The summed E-state index contributed by atoms with van der Waals surface area (Å²) in [5.41, 5.74) is 1.55. The zero-order valence-electron chi connectivity index (χ0n) is 18.4. The number of nitrogens with zero attached hydrogens (tertiary/aromatic N) is 2. The van der Waals surface area contributed by atoms with Crippen LogP contribution in [0.15, 0.2) is 77.3 Å². The number of para-hydroxylation sites is 1. The standard InChI is InChI=1S/C26H24BrF3N2O2/c27-23-6-1-2-7-24(23)34-18-19-8-10-21(11-9-19)25(33)32-14-12-31(13-15-32)17-20-4-3-5-22(16-20)26(28,29)30/h1-11,16H,12-15,17-18H2. The van der Waals surface area contributed by atoms with Crippen molar-refractivity contribution in [3.63, 3.8) is 0 Å². The van der Waals surface area contributed by atoms with E-state index in [1.807, 2.05) is 36.4 Å². The normalized spacial score (nSPS) is 14.8. The number of piperazine rings is 1. The van der Waals surface area contributed by atoms with Crippen molar-refractivity contribution in [2.24, 2.45) is 0 Å². The van der Waals surface area contributed by atoms with Gasteiger partial charge in [-0.2, -0.15) is 13.2 Å². The second kappa shape index (κ2) is 10.6. The molecule has 0 unspecified atom stereocenters. The smallest absolute Gasteiger partial charge is 0.416 e. The van der Waals surface area contributed by atoms with Gasteiger partial charge in [0.05, 0.1) is 10.0 Å². The van der Waals surface area contributed by atoms with E-state index in [4.69, 9.17) is 4.74 Å². The Kier molecular flexibility index (Phi) is 7.58. The summed E-state index contributed by atoms with van der Waals surface area (Å²) in [6, 6.07) is 20.4. The van der Waals surface area contributed by atoms with Crippen molar-refractivity contribution in [3.8, 4) is 5.75 Å². The van der Waals surface area contributed by atoms with Crippen molar-refractivity contribution >= 4 is 21.8 Å². The Balaban J connectivity index is 1.28. The highest BCUT2D eigenvalue weighted by atomic mass is 79.9. The first-order valence-electron chi connectivity index (χ1n) is 10.9. The van der Waals surface area contributed by atoms with Gasteiger partial charge in [0.1, 0.15) is 12.4 Å². The molecule has 34 heavy (non-hydrogen) atoms. The topological polar surface area (TPSA) is 32.8 Å². The second-order valence-corrected chi connectivity index (χ2v) is 9.04. The van der Waals surface area contributed by atoms with Crippen LogP contribution >= 0.6 is 15.9 Å². The Hall–Kier alpha value is -2.84. The van der Waals surface area contributed by atoms with E-state index in [0.29, 0.717) is 50.5 Å². The van der Waals surface area contributed by atoms with Crippen LogP contribution in [0.5, 0.6) is 5.75 Å². The van der Waals surface area contributed by atoms with Gasteiger partial charge >= 0.3 is 6.18 Å². The third-order valence-corrected chi connectivity index (χ3v) is 6.41. The highest BCUT2D eigenvalue weighted by molar-refractivity contribution is 9.10. The summed E-state index contributed by atoms with van der Waals surface area (Å²) >= 11 is 3.45. The Morgan fingerprint density at radius 1 is 0.882 bits per heavy atom. The van der Waals surface area contributed by atoms with Gasteiger partial charge in [0.2, 0.25) is 0 Å². The number of carbonyl (C=O) groups excluding carboxylic acids is 1. The van der Waals surface area contributed by atoms with Gasteiger partial charge < -0.3 is 9.64 Å². The minimum Gasteiger partial charge on any atom is -0.488 e. The van der Waals surface area contributed by atoms with Crippen molar-refractivity contribution in [3.05, 3.63) is 99.5 Å². The fourth-order valence-corrected chi connectivity index (χ4v) is 4.26. The number of alkyl halides is 3. The lowest BCUT2D eigenvalue weighted by molar-refractivity contribution is -0.137. The van der Waals surface area contributed by atoms with E-state index < -0.39 is 11.7 Å². The van der Waals surface area contributed by atoms with E-state index in [2.05, 4.69) is 20.8 Å². The minimum absolute atomic E-state index is 0.0445. The fraction of sp³-hybridized carbons (Fsp3) is 0.269. The highest BCUT2D eigenvalue weighted by Gasteiger charge is 2.30. The van der Waals surface area contributed by atoms with Crippen molar-refractivity contribution in [2.45, 2.75) is 19.3 Å². The highest BCUT2D eigenvalue weighted by Crippen LogP contribution is 2.30. The number of ether oxygens (including phenoxy) is 1. The molecule has 1 heterocycles. The van der Waals surface area contributed by atoms with E-state index in [1.54, 1.807) is 23.1 Å². The predicted molar refractivity (Wildman–Crippen MR) is 128 cm³/mol. The van der Waals surface area contributed by atoms with Crippen molar-refractivity contribution in [2.75, 3.05) is 26.2 Å². The van der Waals surface area contributed by atoms with Gasteiger partial charge in [0, 0.05) is 38.3 Å². The van der Waals surface area contributed by atoms with E-state index in [9.17, 15) is 18.0 Å². The quantitative estimate of drug-likeness (QED) is 0.390. The van der Waals surface area contributed by atoms with Crippen LogP contribution in [0.25, 0.3) is 0 Å². The number of amides is 1. The molecule has 3 aromatic carbocycles. The van der Waals surface area contributed by atoms with Crippen LogP contribution in [0.1, 0.15) is 27.0 Å². The van der Waals surface area contributed by atoms with Gasteiger partial charge in [-0.15, -0.1) is 0 Å². The third kappa shape index (κ3) is 6.18. The summed E-state index contributed by atoms with van der Waals surface area (Å²) in [4.78, 5) is 16.8. The fourth-order valence-electron chi connectivity index (χ4n) is 3.86. The molecule has 1 fully saturated rings. The average molecular weight is 533 g/mol. The molecule has 8 heteroatoms. The lowest BCUT2D eigenvalue weighted by Gasteiger charge is -2.35. The van der Waals surface area contributed by atoms with Crippen LogP contribution < -0.4 is 4.74 Å². The summed E-state index contributed by atoms with van der Waals surface area (Å²) in [6.45, 7) is 3.11. The summed E-state index contributed by atoms with van der Waals surface area (Å²) in [6.07, 6.45) is -4.35. The molecule has 0 spiro atoms. The SMILES string of the molecule is O=C(c1ccc(COc2ccccc2Br)cc1)N1CCN(Cc2cccc(C(F)(F)F)c2)CC1. The molecule has 0 atom stereocenters. The van der Waals surface area contributed by atoms with E-state index >= 15 is 0 Å². The van der Waals surface area contributed by atoms with Gasteiger partial charge in [0.15, 0.2) is 0 Å². The summed E-state index contributed by atoms with van der Waals surface area (Å²) in [5.74, 6) is 0.711. The lowest BCUT2D eigenvalue weighted by Crippen LogP contribution is -2.48. The minimum atomic E-state index is -4.35. The van der Waals surface area contributed by atoms with Gasteiger partial charge in [-0.25, -0.2) is 0 Å². The molecule has 0 bridgehead atoms. The Morgan fingerprint density at radius 2 is 1.59 bits per heavy atom. The summed E-state index contributed by atoms with van der Waals surface area (Å²) in [5, 5.41) is 0. The van der Waals surface area contributed by atoms with E-state index in [0.717, 1.165) is 21.9 Å². The number of benzene rings is 3. The molecule has 1 aliphatic rings. The zero-order chi connectivity index (χ0) is 24.1. The number of rotatable bonds is 6. The van der Waals surface area contributed by atoms with Crippen LogP contribution in [0.4, 0.5) is 13.2 Å². The maximum absolute atomic E-state index is 12.9. The molecule has 0 N–H and O–H groups in total. The van der Waals surface area contributed by atoms with Crippen molar-refractivity contribution in [1.29, 1.82) is 0 Å². The molecular weight excluding hydrogens is 509 g/mol. The Bertz CT molecular complexity index is 1130. The number of hydrogen-bond donors (Lipinski definition) is 0. The van der Waals surface area contributed by atoms with Crippen LogP contribution in [0, 0.1) is 0 Å². The van der Waals surface area contributed by atoms with Crippen molar-refractivity contribution < 1.29 is 22.7 Å². The number of carbonyl (C=O) groups is 1. The largest absolute Gasteiger partial charge is 0.488 e. The first kappa shape index (κ1) is 24.3. The predicted octanol–water partition coefficient (Wildman–Crippen LogP) is 6.00. The van der Waals surface area contributed by atoms with Crippen LogP contribution in [0.2, 0.25) is 0 Å². The molecule has 0 saturated carbocycles. The molecule has 1 aliphatic heterocycles. The summed E-state index contributed by atoms with van der Waals surface area (Å²) in [7, 11) is 0. The third-order valence-electron chi connectivity index (χ3n) is 5.75. The average Bonchev–Trinajstić information content (AvgIpc) is 2.84. The molecule has 4 rings (SSSR count). The molecule has 0 aromatic heterocycles. The van der Waals surface area contributed by atoms with Crippen LogP contribution in [-0.2, 0) is 19.3 Å². The lowest BCUT2D eigenvalue weighted by atomic mass is 10.1. The van der Waals surface area contributed by atoms with Gasteiger partial charge in [-0.1, -0.05) is 42.5 Å². The maximum atomic E-state index is 12.9. The Morgan fingerprint density at radius 3 is 2.26 bits per heavy atom. The van der Waals surface area contributed by atoms with Gasteiger partial charge in [-0.3, -0.25) is 9.69 Å². The molecular formula is C26H24BrF3N2O2. The van der Waals surface area contributed by atoms with E-state index in [1.165, 1.54) is 12.1 Å². The number of halogens is 4. The molecule has 0 radical (unpaired) electrons. The zero-order valence-corrected chi connectivity index (χ0v) is 20.0. The maximum Gasteiger partial charge on any atom is 0.416 e. The van der Waals surface area contributed by atoms with Gasteiger partial charge in [-0.05, 0) is 57.4 Å². The molecule has 4 nitrogen and oxygen atoms in total. The first-order valence-corrected chi connectivity index (χ1v) is 11.7. The van der Waals surface area contributed by atoms with Crippen molar-refractivity contribution in [1.82, 2.24) is 9.80 Å². The number of hydrogen-bond acceptors (Lipinski definition) is 3. The molecule has 0 aliphatic carbocycles. The van der Waals surface area contributed by atoms with Crippen LogP contribution in [-0.4, -0.2) is 41.9 Å². The molecule has 3 aromatic rings. The van der Waals surface area contributed by atoms with Crippen LogP contribution in [0.3, 0.4) is 0 Å². The van der Waals surface area contributed by atoms with E-state index in [-0.39, 0.29) is 5.91 Å². The molecule has 1 saturated heterocycles. The first-order chi connectivity index (χ1) is 16.3. The molecule has 178 valence electrons. The monoisotopic (exact) mass is 532 g/mol.